The SMILES string of the molecule is CNc1ncc(F)c(NCc2cc(Br)cs2)n1. The van der Waals surface area contributed by atoms with Crippen LogP contribution in [0.3, 0.4) is 0 Å². The largest absolute Gasteiger partial charge is 0.363 e. The first-order valence-corrected chi connectivity index (χ1v) is 6.53. The third-order valence-corrected chi connectivity index (χ3v) is 3.72. The minimum Gasteiger partial charge on any atom is -0.363 e. The van der Waals surface area contributed by atoms with Gasteiger partial charge in [0.1, 0.15) is 0 Å². The molecule has 4 nitrogen and oxygen atoms in total. The fourth-order valence-corrected chi connectivity index (χ4v) is 2.62. The summed E-state index contributed by atoms with van der Waals surface area (Å²) in [5, 5.41) is 7.68. The van der Waals surface area contributed by atoms with Gasteiger partial charge in [0.2, 0.25) is 5.95 Å². The highest BCUT2D eigenvalue weighted by Crippen LogP contribution is 2.21. The Hall–Kier alpha value is -1.21. The Balaban J connectivity index is 2.07. The summed E-state index contributed by atoms with van der Waals surface area (Å²) in [5.74, 6) is 0.134. The standard InChI is InChI=1S/C10H10BrFN4S/c1-13-10-15-4-8(12)9(16-10)14-3-7-2-6(11)5-17-7/h2,4-5H,3H2,1H3,(H2,13,14,15,16). The molecule has 17 heavy (non-hydrogen) atoms. The van der Waals surface area contributed by atoms with E-state index in [-0.39, 0.29) is 5.82 Å². The van der Waals surface area contributed by atoms with Crippen LogP contribution >= 0.6 is 27.3 Å². The van der Waals surface area contributed by atoms with Crippen LogP contribution in [0.1, 0.15) is 4.88 Å². The monoisotopic (exact) mass is 316 g/mol. The van der Waals surface area contributed by atoms with E-state index in [1.165, 1.54) is 0 Å². The number of halogens is 2. The Morgan fingerprint density at radius 1 is 1.53 bits per heavy atom. The van der Waals surface area contributed by atoms with Crippen LogP contribution in [0, 0.1) is 5.82 Å². The quantitative estimate of drug-likeness (QED) is 0.910. The van der Waals surface area contributed by atoms with E-state index >= 15 is 0 Å². The number of thiophene rings is 1. The van der Waals surface area contributed by atoms with Crippen molar-refractivity contribution in [2.45, 2.75) is 6.54 Å². The summed E-state index contributed by atoms with van der Waals surface area (Å²) >= 11 is 4.96. The van der Waals surface area contributed by atoms with Gasteiger partial charge in [-0.15, -0.1) is 11.3 Å². The molecule has 2 aromatic rings. The second-order valence-corrected chi connectivity index (χ2v) is 5.14. The molecule has 0 aliphatic rings. The third kappa shape index (κ3) is 3.13. The average molecular weight is 317 g/mol. The van der Waals surface area contributed by atoms with Crippen molar-refractivity contribution in [3.8, 4) is 0 Å². The number of nitrogens with zero attached hydrogens (tertiary/aromatic N) is 2. The predicted molar refractivity (Wildman–Crippen MR) is 70.9 cm³/mol. The number of nitrogens with one attached hydrogen (secondary N) is 2. The fourth-order valence-electron chi connectivity index (χ4n) is 1.23. The smallest absolute Gasteiger partial charge is 0.224 e. The van der Waals surface area contributed by atoms with Crippen LogP contribution in [0.5, 0.6) is 0 Å². The molecule has 0 amide bonds. The first-order valence-electron chi connectivity index (χ1n) is 4.86. The number of hydrogen-bond acceptors (Lipinski definition) is 5. The van der Waals surface area contributed by atoms with Gasteiger partial charge < -0.3 is 10.6 Å². The first-order chi connectivity index (χ1) is 8.19. The van der Waals surface area contributed by atoms with Crippen molar-refractivity contribution in [1.82, 2.24) is 9.97 Å². The normalized spacial score (nSPS) is 10.3. The fraction of sp³-hybridized carbons (Fsp3) is 0.200. The summed E-state index contributed by atoms with van der Waals surface area (Å²) in [7, 11) is 1.69. The van der Waals surface area contributed by atoms with Crippen LogP contribution in [0.15, 0.2) is 22.1 Å². The maximum absolute atomic E-state index is 13.4. The van der Waals surface area contributed by atoms with E-state index in [0.29, 0.717) is 12.5 Å². The summed E-state index contributed by atoms with van der Waals surface area (Å²) in [6.07, 6.45) is 1.14. The lowest BCUT2D eigenvalue weighted by molar-refractivity contribution is 0.617. The van der Waals surface area contributed by atoms with E-state index in [0.717, 1.165) is 15.5 Å². The number of hydrogen-bond donors (Lipinski definition) is 2. The minimum absolute atomic E-state index is 0.203. The molecule has 2 rings (SSSR count). The summed E-state index contributed by atoms with van der Waals surface area (Å²) < 4.78 is 14.4. The van der Waals surface area contributed by atoms with Gasteiger partial charge >= 0.3 is 0 Å². The summed E-state index contributed by atoms with van der Waals surface area (Å²) in [6.45, 7) is 0.535. The lowest BCUT2D eigenvalue weighted by Crippen LogP contribution is -2.06. The Morgan fingerprint density at radius 3 is 3.00 bits per heavy atom. The molecule has 0 aliphatic heterocycles. The Labute approximate surface area is 110 Å². The predicted octanol–water partition coefficient (Wildman–Crippen LogP) is 3.09. The molecule has 0 aromatic carbocycles. The molecule has 0 bridgehead atoms. The van der Waals surface area contributed by atoms with Crippen molar-refractivity contribution in [2.24, 2.45) is 0 Å². The van der Waals surface area contributed by atoms with Crippen molar-refractivity contribution in [1.29, 1.82) is 0 Å². The molecule has 0 fully saturated rings. The van der Waals surface area contributed by atoms with Gasteiger partial charge in [-0.1, -0.05) is 0 Å². The second kappa shape index (κ2) is 5.42. The Morgan fingerprint density at radius 2 is 2.35 bits per heavy atom. The van der Waals surface area contributed by atoms with Gasteiger partial charge in [-0.2, -0.15) is 4.98 Å². The molecular formula is C10H10BrFN4S. The molecule has 2 N–H and O–H groups in total. The molecule has 0 aliphatic carbocycles. The van der Waals surface area contributed by atoms with Gasteiger partial charge in [0.15, 0.2) is 11.6 Å². The van der Waals surface area contributed by atoms with Gasteiger partial charge in [0.25, 0.3) is 0 Å². The first kappa shape index (κ1) is 12.3. The topological polar surface area (TPSA) is 49.8 Å². The lowest BCUT2D eigenvalue weighted by Gasteiger charge is -2.06. The van der Waals surface area contributed by atoms with Gasteiger partial charge in [-0.05, 0) is 22.0 Å². The highest BCUT2D eigenvalue weighted by Gasteiger charge is 2.06. The van der Waals surface area contributed by atoms with E-state index in [4.69, 9.17) is 0 Å². The Kier molecular flexibility index (Phi) is 3.90. The van der Waals surface area contributed by atoms with E-state index in [2.05, 4.69) is 36.5 Å². The number of aromatic nitrogens is 2. The minimum atomic E-state index is -0.459. The Bertz CT molecular complexity index is 517. The summed E-state index contributed by atoms with van der Waals surface area (Å²) in [5.41, 5.74) is 0. The zero-order chi connectivity index (χ0) is 12.3. The maximum Gasteiger partial charge on any atom is 0.224 e. The third-order valence-electron chi connectivity index (χ3n) is 2.02. The molecule has 0 spiro atoms. The molecule has 0 saturated heterocycles. The number of anilines is 2. The molecule has 2 aromatic heterocycles. The van der Waals surface area contributed by atoms with Gasteiger partial charge in [0.05, 0.1) is 12.7 Å². The average Bonchev–Trinajstić information content (AvgIpc) is 2.74. The van der Waals surface area contributed by atoms with Crippen LogP contribution in [0.2, 0.25) is 0 Å². The summed E-state index contributed by atoms with van der Waals surface area (Å²) in [4.78, 5) is 8.87. The van der Waals surface area contributed by atoms with Gasteiger partial charge in [-0.3, -0.25) is 0 Å². The van der Waals surface area contributed by atoms with Crippen LogP contribution in [0.25, 0.3) is 0 Å². The van der Waals surface area contributed by atoms with Gasteiger partial charge in [0, 0.05) is 21.8 Å². The second-order valence-electron chi connectivity index (χ2n) is 3.22. The van der Waals surface area contributed by atoms with Crippen molar-refractivity contribution in [3.63, 3.8) is 0 Å². The molecule has 0 saturated carbocycles. The molecule has 2 heterocycles. The van der Waals surface area contributed by atoms with Crippen LogP contribution in [-0.4, -0.2) is 17.0 Å². The van der Waals surface area contributed by atoms with Gasteiger partial charge in [-0.25, -0.2) is 9.37 Å². The van der Waals surface area contributed by atoms with Crippen LogP contribution in [0.4, 0.5) is 16.2 Å². The summed E-state index contributed by atoms with van der Waals surface area (Å²) in [6, 6.07) is 1.98. The highest BCUT2D eigenvalue weighted by molar-refractivity contribution is 9.10. The van der Waals surface area contributed by atoms with Crippen LogP contribution < -0.4 is 10.6 Å². The van der Waals surface area contributed by atoms with E-state index < -0.39 is 5.82 Å². The van der Waals surface area contributed by atoms with E-state index in [9.17, 15) is 4.39 Å². The molecule has 7 heteroatoms. The van der Waals surface area contributed by atoms with E-state index in [1.54, 1.807) is 18.4 Å². The zero-order valence-corrected chi connectivity index (χ0v) is 11.4. The van der Waals surface area contributed by atoms with Crippen molar-refractivity contribution >= 4 is 39.0 Å². The van der Waals surface area contributed by atoms with E-state index in [1.807, 2.05) is 11.4 Å². The number of rotatable bonds is 4. The maximum atomic E-state index is 13.4. The zero-order valence-electron chi connectivity index (χ0n) is 9.00. The van der Waals surface area contributed by atoms with Crippen molar-refractivity contribution < 1.29 is 4.39 Å². The highest BCUT2D eigenvalue weighted by atomic mass is 79.9. The molecule has 0 unspecified atom stereocenters. The molecular weight excluding hydrogens is 307 g/mol. The van der Waals surface area contributed by atoms with Crippen molar-refractivity contribution in [2.75, 3.05) is 17.7 Å². The van der Waals surface area contributed by atoms with Crippen LogP contribution in [-0.2, 0) is 6.54 Å². The molecule has 0 radical (unpaired) electrons. The molecule has 90 valence electrons. The lowest BCUT2D eigenvalue weighted by atomic mass is 10.4. The van der Waals surface area contributed by atoms with Crippen molar-refractivity contribution in [3.05, 3.63) is 32.8 Å². The molecule has 0 atom stereocenters.